The summed E-state index contributed by atoms with van der Waals surface area (Å²) in [4.78, 5) is 44.4. The molecule has 0 spiro atoms. The average molecular weight is 429 g/mol. The minimum Gasteiger partial charge on any atom is -0.492 e. The Morgan fingerprint density at radius 2 is 2.03 bits per heavy atom. The molecule has 0 unspecified atom stereocenters. The molecule has 4 rings (SSSR count). The number of carbonyl (C=O) groups excluding carboxylic acids is 1. The van der Waals surface area contributed by atoms with Crippen LogP contribution in [0, 0.1) is 0 Å². The number of halogens is 1. The van der Waals surface area contributed by atoms with Crippen LogP contribution in [0.15, 0.2) is 39.9 Å². The van der Waals surface area contributed by atoms with Gasteiger partial charge < -0.3 is 10.1 Å². The highest BCUT2D eigenvalue weighted by molar-refractivity contribution is 6.30. The molecule has 2 N–H and O–H groups in total. The van der Waals surface area contributed by atoms with Gasteiger partial charge in [0.1, 0.15) is 12.4 Å². The number of fused-ring (bicyclic) bond motifs is 1. The van der Waals surface area contributed by atoms with E-state index in [1.807, 2.05) is 0 Å². The molecule has 1 aliphatic carbocycles. The average Bonchev–Trinajstić information content (AvgIpc) is 3.57. The van der Waals surface area contributed by atoms with Crippen LogP contribution in [-0.4, -0.2) is 33.6 Å². The van der Waals surface area contributed by atoms with Gasteiger partial charge in [-0.25, -0.2) is 9.78 Å². The maximum Gasteiger partial charge on any atom is 0.329 e. The second kappa shape index (κ2) is 8.31. The van der Waals surface area contributed by atoms with Gasteiger partial charge in [0.25, 0.3) is 11.5 Å². The lowest BCUT2D eigenvalue weighted by atomic mass is 10.1. The predicted octanol–water partition coefficient (Wildman–Crippen LogP) is 2.44. The lowest BCUT2D eigenvalue weighted by molar-refractivity contribution is 0.0948. The van der Waals surface area contributed by atoms with E-state index in [0.29, 0.717) is 17.3 Å². The van der Waals surface area contributed by atoms with Crippen molar-refractivity contribution in [3.63, 3.8) is 0 Å². The number of aromatic amines is 1. The van der Waals surface area contributed by atoms with Gasteiger partial charge in [0.15, 0.2) is 5.65 Å². The molecule has 1 aromatic carbocycles. The molecule has 2 heterocycles. The van der Waals surface area contributed by atoms with Crippen LogP contribution in [0.5, 0.6) is 5.75 Å². The molecule has 0 atom stereocenters. The molecule has 30 heavy (non-hydrogen) atoms. The van der Waals surface area contributed by atoms with Gasteiger partial charge in [-0.3, -0.25) is 19.1 Å². The second-order valence-corrected chi connectivity index (χ2v) is 7.57. The van der Waals surface area contributed by atoms with Crippen molar-refractivity contribution in [2.75, 3.05) is 13.2 Å². The Morgan fingerprint density at radius 3 is 2.70 bits per heavy atom. The summed E-state index contributed by atoms with van der Waals surface area (Å²) in [6.45, 7) is 2.62. The molecule has 0 aliphatic heterocycles. The number of ether oxygens (including phenoxy) is 1. The minimum absolute atomic E-state index is 0.122. The van der Waals surface area contributed by atoms with Crippen molar-refractivity contribution in [1.82, 2.24) is 19.9 Å². The van der Waals surface area contributed by atoms with E-state index in [-0.39, 0.29) is 35.7 Å². The predicted molar refractivity (Wildman–Crippen MR) is 114 cm³/mol. The summed E-state index contributed by atoms with van der Waals surface area (Å²) in [5.74, 6) is 0.493. The zero-order valence-corrected chi connectivity index (χ0v) is 17.2. The van der Waals surface area contributed by atoms with Crippen LogP contribution in [0.4, 0.5) is 0 Å². The summed E-state index contributed by atoms with van der Waals surface area (Å²) in [6, 6.07) is 8.59. The summed E-state index contributed by atoms with van der Waals surface area (Å²) in [5.41, 5.74) is 0.0580. The van der Waals surface area contributed by atoms with Gasteiger partial charge in [0.2, 0.25) is 0 Å². The molecule has 0 radical (unpaired) electrons. The first-order valence-corrected chi connectivity index (χ1v) is 10.2. The van der Waals surface area contributed by atoms with Crippen LogP contribution in [-0.2, 0) is 6.54 Å². The number of rotatable bonds is 7. The Bertz CT molecular complexity index is 1210. The normalized spacial score (nSPS) is 13.4. The molecule has 1 fully saturated rings. The minimum atomic E-state index is -0.614. The lowest BCUT2D eigenvalue weighted by Gasteiger charge is -2.13. The molecule has 1 amide bonds. The summed E-state index contributed by atoms with van der Waals surface area (Å²) in [5, 5.41) is 3.52. The van der Waals surface area contributed by atoms with Crippen LogP contribution in [0.25, 0.3) is 11.0 Å². The SMILES string of the molecule is CCn1c(=O)[nH]c(=O)c2c(C(=O)NCCOc3ccc(Cl)cc3)cc(C3CC3)nc21. The van der Waals surface area contributed by atoms with Crippen molar-refractivity contribution in [2.45, 2.75) is 32.2 Å². The van der Waals surface area contributed by atoms with E-state index in [0.717, 1.165) is 18.5 Å². The van der Waals surface area contributed by atoms with E-state index in [4.69, 9.17) is 16.3 Å². The fraction of sp³-hybridized carbons (Fsp3) is 0.333. The first kappa shape index (κ1) is 20.2. The van der Waals surface area contributed by atoms with Crippen LogP contribution < -0.4 is 21.3 Å². The van der Waals surface area contributed by atoms with E-state index in [9.17, 15) is 14.4 Å². The lowest BCUT2D eigenvalue weighted by Crippen LogP contribution is -2.34. The first-order valence-electron chi connectivity index (χ1n) is 9.82. The monoisotopic (exact) mass is 428 g/mol. The number of hydrogen-bond acceptors (Lipinski definition) is 5. The van der Waals surface area contributed by atoms with E-state index < -0.39 is 17.2 Å². The van der Waals surface area contributed by atoms with Crippen molar-refractivity contribution in [2.24, 2.45) is 0 Å². The molecule has 1 aliphatic rings. The smallest absolute Gasteiger partial charge is 0.329 e. The number of pyridine rings is 1. The summed E-state index contributed by atoms with van der Waals surface area (Å²) in [6.07, 6.45) is 1.96. The number of aromatic nitrogens is 3. The third-order valence-electron chi connectivity index (χ3n) is 4.99. The molecule has 2 aromatic heterocycles. The fourth-order valence-electron chi connectivity index (χ4n) is 3.31. The molecular formula is C21H21ClN4O4. The Balaban J connectivity index is 1.59. The highest BCUT2D eigenvalue weighted by atomic mass is 35.5. The third kappa shape index (κ3) is 4.09. The standard InChI is InChI=1S/C21H21ClN4O4/c1-2-26-18-17(20(28)25-21(26)29)15(11-16(24-18)12-3-4-12)19(27)23-9-10-30-14-7-5-13(22)6-8-14/h5-8,11-12H,2-4,9-10H2,1H3,(H,23,27)(H,25,28,29). The van der Waals surface area contributed by atoms with Crippen LogP contribution in [0.3, 0.4) is 0 Å². The van der Waals surface area contributed by atoms with Crippen molar-refractivity contribution < 1.29 is 9.53 Å². The van der Waals surface area contributed by atoms with Crippen molar-refractivity contribution >= 4 is 28.5 Å². The number of nitrogens with one attached hydrogen (secondary N) is 2. The number of carbonyl (C=O) groups is 1. The van der Waals surface area contributed by atoms with Gasteiger partial charge >= 0.3 is 5.69 Å². The summed E-state index contributed by atoms with van der Waals surface area (Å²) >= 11 is 5.85. The van der Waals surface area contributed by atoms with Gasteiger partial charge in [0, 0.05) is 23.2 Å². The van der Waals surface area contributed by atoms with E-state index in [1.165, 1.54) is 4.57 Å². The quantitative estimate of drug-likeness (QED) is 0.562. The summed E-state index contributed by atoms with van der Waals surface area (Å²) in [7, 11) is 0. The highest BCUT2D eigenvalue weighted by Gasteiger charge is 2.28. The molecule has 8 nitrogen and oxygen atoms in total. The number of benzene rings is 1. The second-order valence-electron chi connectivity index (χ2n) is 7.13. The number of aryl methyl sites for hydroxylation is 1. The highest BCUT2D eigenvalue weighted by Crippen LogP contribution is 2.39. The van der Waals surface area contributed by atoms with Gasteiger partial charge in [-0.15, -0.1) is 0 Å². The Kier molecular flexibility index (Phi) is 5.59. The van der Waals surface area contributed by atoms with E-state index in [1.54, 1.807) is 37.3 Å². The van der Waals surface area contributed by atoms with Crippen molar-refractivity contribution in [3.8, 4) is 5.75 Å². The topological polar surface area (TPSA) is 106 Å². The number of amides is 1. The van der Waals surface area contributed by atoms with Gasteiger partial charge in [0.05, 0.1) is 17.5 Å². The molecule has 3 aromatic rings. The van der Waals surface area contributed by atoms with Gasteiger partial charge in [-0.2, -0.15) is 0 Å². The Labute approximate surface area is 176 Å². The zero-order chi connectivity index (χ0) is 21.3. The number of nitrogens with zero attached hydrogens (tertiary/aromatic N) is 2. The molecule has 9 heteroatoms. The fourth-order valence-corrected chi connectivity index (χ4v) is 3.44. The van der Waals surface area contributed by atoms with Crippen LogP contribution in [0.1, 0.15) is 41.7 Å². The molecule has 1 saturated carbocycles. The van der Waals surface area contributed by atoms with Crippen LogP contribution in [0.2, 0.25) is 5.02 Å². The molecule has 156 valence electrons. The maximum atomic E-state index is 12.9. The largest absolute Gasteiger partial charge is 0.492 e. The molecule has 0 bridgehead atoms. The van der Waals surface area contributed by atoms with E-state index >= 15 is 0 Å². The third-order valence-corrected chi connectivity index (χ3v) is 5.25. The van der Waals surface area contributed by atoms with E-state index in [2.05, 4.69) is 15.3 Å². The Hall–Kier alpha value is -3.13. The number of hydrogen-bond donors (Lipinski definition) is 2. The van der Waals surface area contributed by atoms with Crippen LogP contribution >= 0.6 is 11.6 Å². The maximum absolute atomic E-state index is 12.9. The molecular weight excluding hydrogens is 408 g/mol. The summed E-state index contributed by atoms with van der Waals surface area (Å²) < 4.78 is 6.96. The Morgan fingerprint density at radius 1 is 1.30 bits per heavy atom. The van der Waals surface area contributed by atoms with Crippen molar-refractivity contribution in [3.05, 3.63) is 67.4 Å². The first-order chi connectivity index (χ1) is 14.5. The molecule has 0 saturated heterocycles. The van der Waals surface area contributed by atoms with Gasteiger partial charge in [-0.1, -0.05) is 11.6 Å². The van der Waals surface area contributed by atoms with Crippen molar-refractivity contribution in [1.29, 1.82) is 0 Å². The zero-order valence-electron chi connectivity index (χ0n) is 16.4. The number of H-pyrrole nitrogens is 1. The van der Waals surface area contributed by atoms with Gasteiger partial charge in [-0.05, 0) is 50.1 Å².